The van der Waals surface area contributed by atoms with Crippen molar-refractivity contribution in [1.29, 1.82) is 0 Å². The van der Waals surface area contributed by atoms with Crippen LogP contribution >= 0.6 is 0 Å². The predicted octanol–water partition coefficient (Wildman–Crippen LogP) is 2.83. The largest absolute Gasteiger partial charge is 0.0625 e. The summed E-state index contributed by atoms with van der Waals surface area (Å²) >= 11 is 0. The second kappa shape index (κ2) is 2.00. The normalized spacial score (nSPS) is 49.7. The van der Waals surface area contributed by atoms with E-state index in [9.17, 15) is 0 Å². The first-order valence-corrected chi connectivity index (χ1v) is 4.36. The summed E-state index contributed by atoms with van der Waals surface area (Å²) in [5, 5.41) is 0. The van der Waals surface area contributed by atoms with Crippen molar-refractivity contribution >= 4 is 0 Å². The van der Waals surface area contributed by atoms with Crippen LogP contribution in [0.1, 0.15) is 39.0 Å². The summed E-state index contributed by atoms with van der Waals surface area (Å²) in [6.45, 7) is 2.41. The molecule has 2 atom stereocenters. The molecule has 0 nitrogen and oxygen atoms in total. The molecule has 0 N–H and O–H groups in total. The Labute approximate surface area is 57.6 Å². The van der Waals surface area contributed by atoms with Gasteiger partial charge in [0.25, 0.3) is 0 Å². The predicted molar refractivity (Wildman–Crippen MR) is 39.2 cm³/mol. The number of hydrogen-bond donors (Lipinski definition) is 0. The Kier molecular flexibility index (Phi) is 1.28. The number of fused-ring (bicyclic) bond motifs is 1. The number of rotatable bonds is 0. The molecule has 0 radical (unpaired) electrons. The van der Waals surface area contributed by atoms with Gasteiger partial charge < -0.3 is 0 Å². The molecular formula is C9H16. The fraction of sp³-hybridized carbons (Fsp3) is 1.00. The van der Waals surface area contributed by atoms with Crippen LogP contribution in [0, 0.1) is 17.8 Å². The van der Waals surface area contributed by atoms with Crippen LogP contribution in [-0.4, -0.2) is 0 Å². The highest BCUT2D eigenvalue weighted by molar-refractivity contribution is 4.88. The average Bonchev–Trinajstić information content (AvgIpc) is 2.54. The van der Waals surface area contributed by atoms with Gasteiger partial charge in [0, 0.05) is 0 Å². The SMILES string of the molecule is CC1CCC2CC2CC1. The Morgan fingerprint density at radius 3 is 2.00 bits per heavy atom. The molecular weight excluding hydrogens is 108 g/mol. The quantitative estimate of drug-likeness (QED) is 0.466. The van der Waals surface area contributed by atoms with Crippen LogP contribution in [0.15, 0.2) is 0 Å². The van der Waals surface area contributed by atoms with E-state index in [0.717, 1.165) is 5.92 Å². The van der Waals surface area contributed by atoms with Gasteiger partial charge in [0.05, 0.1) is 0 Å². The van der Waals surface area contributed by atoms with E-state index < -0.39 is 0 Å². The van der Waals surface area contributed by atoms with Gasteiger partial charge in [-0.05, 0) is 37.0 Å². The molecule has 0 heteroatoms. The fourth-order valence-electron chi connectivity index (χ4n) is 2.16. The Hall–Kier alpha value is 0. The zero-order valence-corrected chi connectivity index (χ0v) is 6.27. The van der Waals surface area contributed by atoms with Gasteiger partial charge in [-0.25, -0.2) is 0 Å². The third kappa shape index (κ3) is 1.12. The van der Waals surface area contributed by atoms with Crippen LogP contribution in [-0.2, 0) is 0 Å². The number of hydrogen-bond acceptors (Lipinski definition) is 0. The molecule has 0 aromatic heterocycles. The summed E-state index contributed by atoms with van der Waals surface area (Å²) in [6, 6.07) is 0. The minimum absolute atomic E-state index is 1.04. The Morgan fingerprint density at radius 1 is 0.889 bits per heavy atom. The summed E-state index contributed by atoms with van der Waals surface area (Å²) in [7, 11) is 0. The van der Waals surface area contributed by atoms with Crippen molar-refractivity contribution in [2.45, 2.75) is 39.0 Å². The van der Waals surface area contributed by atoms with Gasteiger partial charge in [0.15, 0.2) is 0 Å². The van der Waals surface area contributed by atoms with E-state index >= 15 is 0 Å². The van der Waals surface area contributed by atoms with Crippen molar-refractivity contribution in [1.82, 2.24) is 0 Å². The summed E-state index contributed by atoms with van der Waals surface area (Å²) in [4.78, 5) is 0. The first-order valence-electron chi connectivity index (χ1n) is 4.36. The van der Waals surface area contributed by atoms with Crippen LogP contribution in [0.5, 0.6) is 0 Å². The molecule has 2 aliphatic carbocycles. The standard InChI is InChI=1S/C9H16/c1-7-2-4-8-6-9(8)5-3-7/h7-9H,2-6H2,1H3. The molecule has 2 aliphatic rings. The van der Waals surface area contributed by atoms with Crippen LogP contribution in [0.25, 0.3) is 0 Å². The van der Waals surface area contributed by atoms with Crippen LogP contribution in [0.4, 0.5) is 0 Å². The molecule has 2 rings (SSSR count). The van der Waals surface area contributed by atoms with Crippen LogP contribution < -0.4 is 0 Å². The van der Waals surface area contributed by atoms with Crippen molar-refractivity contribution < 1.29 is 0 Å². The molecule has 0 aliphatic heterocycles. The van der Waals surface area contributed by atoms with E-state index in [1.807, 2.05) is 0 Å². The first-order chi connectivity index (χ1) is 4.36. The van der Waals surface area contributed by atoms with Crippen molar-refractivity contribution in [3.05, 3.63) is 0 Å². The lowest BCUT2D eigenvalue weighted by Crippen LogP contribution is -1.91. The summed E-state index contributed by atoms with van der Waals surface area (Å²) in [5.41, 5.74) is 0. The highest BCUT2D eigenvalue weighted by atomic mass is 14.4. The molecule has 2 fully saturated rings. The van der Waals surface area contributed by atoms with E-state index in [1.54, 1.807) is 19.3 Å². The maximum Gasteiger partial charge on any atom is -0.0383 e. The lowest BCUT2D eigenvalue weighted by atomic mass is 10.0. The summed E-state index contributed by atoms with van der Waals surface area (Å²) < 4.78 is 0. The zero-order chi connectivity index (χ0) is 6.27. The third-order valence-corrected chi connectivity index (χ3v) is 3.13. The van der Waals surface area contributed by atoms with Crippen LogP contribution in [0.2, 0.25) is 0 Å². The van der Waals surface area contributed by atoms with Gasteiger partial charge in [-0.2, -0.15) is 0 Å². The van der Waals surface area contributed by atoms with Gasteiger partial charge in [0.1, 0.15) is 0 Å². The molecule has 0 amide bonds. The molecule has 2 unspecified atom stereocenters. The van der Waals surface area contributed by atoms with E-state index in [4.69, 9.17) is 0 Å². The Balaban J connectivity index is 1.89. The van der Waals surface area contributed by atoms with Crippen molar-refractivity contribution in [3.63, 3.8) is 0 Å². The molecule has 2 saturated carbocycles. The second-order valence-electron chi connectivity index (χ2n) is 4.02. The van der Waals surface area contributed by atoms with Gasteiger partial charge in [-0.3, -0.25) is 0 Å². The molecule has 0 heterocycles. The minimum atomic E-state index is 1.04. The molecule has 0 aromatic carbocycles. The van der Waals surface area contributed by atoms with E-state index in [-0.39, 0.29) is 0 Å². The second-order valence-corrected chi connectivity index (χ2v) is 4.02. The first kappa shape index (κ1) is 5.76. The monoisotopic (exact) mass is 124 g/mol. The topological polar surface area (TPSA) is 0 Å². The minimum Gasteiger partial charge on any atom is -0.0625 e. The Morgan fingerprint density at radius 2 is 1.44 bits per heavy atom. The molecule has 0 spiro atoms. The fourth-order valence-corrected chi connectivity index (χ4v) is 2.16. The summed E-state index contributed by atoms with van der Waals surface area (Å²) in [6.07, 6.45) is 7.70. The molecule has 0 saturated heterocycles. The molecule has 52 valence electrons. The molecule has 0 bridgehead atoms. The Bertz CT molecular complexity index is 90.6. The highest BCUT2D eigenvalue weighted by Crippen LogP contribution is 2.48. The third-order valence-electron chi connectivity index (χ3n) is 3.13. The van der Waals surface area contributed by atoms with Crippen molar-refractivity contribution in [2.24, 2.45) is 17.8 Å². The van der Waals surface area contributed by atoms with Crippen molar-refractivity contribution in [2.75, 3.05) is 0 Å². The maximum atomic E-state index is 2.41. The van der Waals surface area contributed by atoms with E-state index in [2.05, 4.69) is 6.92 Å². The van der Waals surface area contributed by atoms with Crippen molar-refractivity contribution in [3.8, 4) is 0 Å². The zero-order valence-electron chi connectivity index (χ0n) is 6.27. The molecule has 9 heavy (non-hydrogen) atoms. The molecule has 0 aromatic rings. The van der Waals surface area contributed by atoms with E-state index in [1.165, 1.54) is 24.7 Å². The van der Waals surface area contributed by atoms with Gasteiger partial charge in [0.2, 0.25) is 0 Å². The smallest absolute Gasteiger partial charge is 0.0383 e. The average molecular weight is 124 g/mol. The summed E-state index contributed by atoms with van der Waals surface area (Å²) in [5.74, 6) is 3.39. The maximum absolute atomic E-state index is 2.41. The van der Waals surface area contributed by atoms with Crippen LogP contribution in [0.3, 0.4) is 0 Å². The van der Waals surface area contributed by atoms with Gasteiger partial charge >= 0.3 is 0 Å². The van der Waals surface area contributed by atoms with E-state index in [0.29, 0.717) is 0 Å². The lowest BCUT2D eigenvalue weighted by Gasteiger charge is -2.05. The lowest BCUT2D eigenvalue weighted by molar-refractivity contribution is 0.478. The highest BCUT2D eigenvalue weighted by Gasteiger charge is 2.37. The van der Waals surface area contributed by atoms with Gasteiger partial charge in [-0.1, -0.05) is 19.8 Å². The van der Waals surface area contributed by atoms with Gasteiger partial charge in [-0.15, -0.1) is 0 Å².